The van der Waals surface area contributed by atoms with Crippen LogP contribution in [0.5, 0.6) is 5.75 Å². The second-order valence-electron chi connectivity index (χ2n) is 6.12. The lowest BCUT2D eigenvalue weighted by atomic mass is 10.1. The maximum atomic E-state index is 12.1. The summed E-state index contributed by atoms with van der Waals surface area (Å²) in [6.45, 7) is 1.48. The molecular weight excluding hydrogens is 336 g/mol. The molecule has 4 nitrogen and oxygen atoms in total. The zero-order valence-corrected chi connectivity index (χ0v) is 15.4. The first-order valence-corrected chi connectivity index (χ1v) is 8.96. The van der Waals surface area contributed by atoms with E-state index in [1.54, 1.807) is 11.9 Å². The minimum atomic E-state index is -0.112. The Balaban J connectivity index is 1.55. The van der Waals surface area contributed by atoms with Gasteiger partial charge < -0.3 is 15.0 Å². The third-order valence-corrected chi connectivity index (χ3v) is 4.25. The summed E-state index contributed by atoms with van der Waals surface area (Å²) in [7, 11) is 1.64. The molecule has 4 heteroatoms. The van der Waals surface area contributed by atoms with Crippen LogP contribution in [-0.4, -0.2) is 31.1 Å². The summed E-state index contributed by atoms with van der Waals surface area (Å²) in [4.78, 5) is 13.9. The predicted molar refractivity (Wildman–Crippen MR) is 108 cm³/mol. The summed E-state index contributed by atoms with van der Waals surface area (Å²) in [6, 6.07) is 28.7. The number of carbonyl (C=O) groups excluding carboxylic acids is 1. The molecule has 0 fully saturated rings. The van der Waals surface area contributed by atoms with Crippen LogP contribution in [0.25, 0.3) is 11.1 Å². The van der Waals surface area contributed by atoms with E-state index in [1.807, 2.05) is 78.9 Å². The number of hydrogen-bond donors (Lipinski definition) is 1. The van der Waals surface area contributed by atoms with E-state index in [-0.39, 0.29) is 6.03 Å². The first-order chi connectivity index (χ1) is 13.3. The van der Waals surface area contributed by atoms with Crippen molar-refractivity contribution in [2.75, 3.05) is 20.2 Å². The number of nitrogens with one attached hydrogen (secondary N) is 1. The Bertz CT molecular complexity index is 833. The molecular formula is C23H23N2O2. The summed E-state index contributed by atoms with van der Waals surface area (Å²) < 4.78 is 5.83. The SMILES string of the molecule is CNC(=O)N(CCOc1ccc(-c2cc[c]cc2)cc1)Cc1ccccc1. The molecule has 0 atom stereocenters. The van der Waals surface area contributed by atoms with Crippen molar-refractivity contribution in [1.82, 2.24) is 10.2 Å². The molecule has 3 aromatic rings. The van der Waals surface area contributed by atoms with Gasteiger partial charge in [0.15, 0.2) is 0 Å². The van der Waals surface area contributed by atoms with Crippen molar-refractivity contribution >= 4 is 6.03 Å². The first-order valence-electron chi connectivity index (χ1n) is 8.96. The van der Waals surface area contributed by atoms with Crippen LogP contribution in [-0.2, 0) is 6.54 Å². The van der Waals surface area contributed by atoms with Crippen molar-refractivity contribution in [2.45, 2.75) is 6.54 Å². The van der Waals surface area contributed by atoms with E-state index >= 15 is 0 Å². The number of carbonyl (C=O) groups is 1. The Hall–Kier alpha value is -3.27. The van der Waals surface area contributed by atoms with Crippen LogP contribution >= 0.6 is 0 Å². The average Bonchev–Trinajstić information content (AvgIpc) is 2.74. The molecule has 0 spiro atoms. The fraction of sp³-hybridized carbons (Fsp3) is 0.174. The zero-order chi connectivity index (χ0) is 18.9. The molecule has 2 amide bonds. The van der Waals surface area contributed by atoms with Crippen LogP contribution in [0.3, 0.4) is 0 Å². The fourth-order valence-electron chi connectivity index (χ4n) is 2.81. The van der Waals surface area contributed by atoms with Gasteiger partial charge in [-0.15, -0.1) is 0 Å². The molecule has 3 aromatic carbocycles. The van der Waals surface area contributed by atoms with Crippen molar-refractivity contribution in [3.8, 4) is 16.9 Å². The summed E-state index contributed by atoms with van der Waals surface area (Å²) in [5.74, 6) is 0.790. The molecule has 0 heterocycles. The normalized spacial score (nSPS) is 10.3. The maximum Gasteiger partial charge on any atom is 0.317 e. The van der Waals surface area contributed by atoms with E-state index in [9.17, 15) is 4.79 Å². The van der Waals surface area contributed by atoms with Gasteiger partial charge in [-0.3, -0.25) is 0 Å². The van der Waals surface area contributed by atoms with Crippen LogP contribution in [0.2, 0.25) is 0 Å². The Morgan fingerprint density at radius 3 is 2.30 bits per heavy atom. The monoisotopic (exact) mass is 359 g/mol. The Morgan fingerprint density at radius 1 is 0.963 bits per heavy atom. The average molecular weight is 359 g/mol. The molecule has 3 rings (SSSR count). The van der Waals surface area contributed by atoms with E-state index in [0.29, 0.717) is 19.7 Å². The van der Waals surface area contributed by atoms with Crippen LogP contribution in [0.1, 0.15) is 5.56 Å². The Kier molecular flexibility index (Phi) is 6.47. The van der Waals surface area contributed by atoms with Gasteiger partial charge in [0.2, 0.25) is 0 Å². The molecule has 1 radical (unpaired) electrons. The van der Waals surface area contributed by atoms with Crippen molar-refractivity contribution in [3.05, 3.63) is 90.5 Å². The highest BCUT2D eigenvalue weighted by Gasteiger charge is 2.12. The van der Waals surface area contributed by atoms with Gasteiger partial charge in [-0.05, 0) is 34.9 Å². The van der Waals surface area contributed by atoms with E-state index in [1.165, 1.54) is 0 Å². The van der Waals surface area contributed by atoms with Crippen molar-refractivity contribution in [1.29, 1.82) is 0 Å². The highest BCUT2D eigenvalue weighted by molar-refractivity contribution is 5.73. The molecule has 0 saturated heterocycles. The van der Waals surface area contributed by atoms with Gasteiger partial charge in [0.1, 0.15) is 12.4 Å². The van der Waals surface area contributed by atoms with E-state index < -0.39 is 0 Å². The third-order valence-electron chi connectivity index (χ3n) is 4.25. The predicted octanol–water partition coefficient (Wildman–Crippen LogP) is 4.37. The number of rotatable bonds is 7. The minimum Gasteiger partial charge on any atom is -0.492 e. The van der Waals surface area contributed by atoms with Crippen molar-refractivity contribution in [3.63, 3.8) is 0 Å². The summed E-state index contributed by atoms with van der Waals surface area (Å²) in [6.07, 6.45) is 0. The highest BCUT2D eigenvalue weighted by atomic mass is 16.5. The Morgan fingerprint density at radius 2 is 1.63 bits per heavy atom. The second-order valence-corrected chi connectivity index (χ2v) is 6.12. The number of benzene rings is 3. The minimum absolute atomic E-state index is 0.112. The number of nitrogens with zero attached hydrogens (tertiary/aromatic N) is 1. The fourth-order valence-corrected chi connectivity index (χ4v) is 2.81. The molecule has 0 unspecified atom stereocenters. The lowest BCUT2D eigenvalue weighted by Gasteiger charge is -2.22. The molecule has 0 aliphatic rings. The lowest BCUT2D eigenvalue weighted by Crippen LogP contribution is -2.40. The van der Waals surface area contributed by atoms with Crippen molar-refractivity contribution < 1.29 is 9.53 Å². The smallest absolute Gasteiger partial charge is 0.317 e. The van der Waals surface area contributed by atoms with Gasteiger partial charge in [0.25, 0.3) is 0 Å². The molecule has 0 saturated carbocycles. The van der Waals surface area contributed by atoms with Crippen molar-refractivity contribution in [2.24, 2.45) is 0 Å². The van der Waals surface area contributed by atoms with Crippen LogP contribution < -0.4 is 10.1 Å². The summed E-state index contributed by atoms with van der Waals surface area (Å²) >= 11 is 0. The van der Waals surface area contributed by atoms with E-state index in [0.717, 1.165) is 22.4 Å². The third kappa shape index (κ3) is 5.35. The van der Waals surface area contributed by atoms with Gasteiger partial charge in [0.05, 0.1) is 6.54 Å². The van der Waals surface area contributed by atoms with Crippen LogP contribution in [0.4, 0.5) is 4.79 Å². The molecule has 0 aliphatic carbocycles. The Labute approximate surface area is 160 Å². The van der Waals surface area contributed by atoms with Gasteiger partial charge in [-0.2, -0.15) is 0 Å². The topological polar surface area (TPSA) is 41.6 Å². The largest absolute Gasteiger partial charge is 0.492 e. The quantitative estimate of drug-likeness (QED) is 0.680. The van der Waals surface area contributed by atoms with Gasteiger partial charge in [-0.25, -0.2) is 4.79 Å². The molecule has 0 aliphatic heterocycles. The number of ether oxygens (including phenoxy) is 1. The summed E-state index contributed by atoms with van der Waals surface area (Å²) in [5.41, 5.74) is 3.37. The standard InChI is InChI=1S/C23H23N2O2/c1-24-23(26)25(18-19-8-4-2-5-9-19)16-17-27-22-14-12-21(13-15-22)20-10-6-3-7-11-20/h2,4-15H,16-18H2,1H3,(H,24,26). The molecule has 0 aromatic heterocycles. The summed E-state index contributed by atoms with van der Waals surface area (Å²) in [5, 5.41) is 2.69. The first kappa shape index (κ1) is 18.5. The van der Waals surface area contributed by atoms with Gasteiger partial charge in [-0.1, -0.05) is 66.7 Å². The van der Waals surface area contributed by atoms with E-state index in [2.05, 4.69) is 11.4 Å². The number of hydrogen-bond acceptors (Lipinski definition) is 2. The zero-order valence-electron chi connectivity index (χ0n) is 15.4. The van der Waals surface area contributed by atoms with E-state index in [4.69, 9.17) is 4.74 Å². The second kappa shape index (κ2) is 9.43. The number of amides is 2. The molecule has 27 heavy (non-hydrogen) atoms. The van der Waals surface area contributed by atoms with Gasteiger partial charge >= 0.3 is 6.03 Å². The van der Waals surface area contributed by atoms with Crippen LogP contribution in [0.15, 0.2) is 78.9 Å². The van der Waals surface area contributed by atoms with Crippen LogP contribution in [0, 0.1) is 6.07 Å². The highest BCUT2D eigenvalue weighted by Crippen LogP contribution is 2.22. The van der Waals surface area contributed by atoms with Gasteiger partial charge in [0, 0.05) is 13.6 Å². The maximum absolute atomic E-state index is 12.1. The molecule has 0 bridgehead atoms. The number of urea groups is 1. The molecule has 1 N–H and O–H groups in total. The lowest BCUT2D eigenvalue weighted by molar-refractivity contribution is 0.181. The molecule has 137 valence electrons.